The molecule has 0 saturated heterocycles. The molecule has 0 aliphatic carbocycles. The molecular weight excluding hydrogens is 182 g/mol. The molecule has 1 aromatic rings. The van der Waals surface area contributed by atoms with Gasteiger partial charge in [-0.15, -0.1) is 0 Å². The van der Waals surface area contributed by atoms with E-state index < -0.39 is 0 Å². The number of hydrogen-bond acceptors (Lipinski definition) is 3. The van der Waals surface area contributed by atoms with Gasteiger partial charge in [0.1, 0.15) is 5.82 Å². The summed E-state index contributed by atoms with van der Waals surface area (Å²) < 4.78 is 4.84. The largest absolute Gasteiger partial charge is 0.385 e. The fraction of sp³-hybridized carbons (Fsp3) is 0.556. The Bertz CT molecular complexity index is 259. The smallest absolute Gasteiger partial charge is 0.220 e. The van der Waals surface area contributed by atoms with Gasteiger partial charge in [-0.1, -0.05) is 0 Å². The maximum atomic E-state index is 11.2. The highest BCUT2D eigenvalue weighted by Gasteiger charge is 2.01. The number of H-pyrrole nitrogens is 1. The van der Waals surface area contributed by atoms with Crippen molar-refractivity contribution in [2.75, 3.05) is 13.7 Å². The van der Waals surface area contributed by atoms with E-state index in [2.05, 4.69) is 15.3 Å². The van der Waals surface area contributed by atoms with Crippen LogP contribution in [0.1, 0.15) is 18.7 Å². The Hall–Kier alpha value is -1.36. The molecule has 14 heavy (non-hydrogen) atoms. The molecular formula is C9H15N3O2. The molecule has 0 spiro atoms. The number of ether oxygens (including phenoxy) is 1. The molecule has 0 fully saturated rings. The number of hydrogen-bond donors (Lipinski definition) is 2. The molecule has 1 heterocycles. The van der Waals surface area contributed by atoms with Crippen molar-refractivity contribution in [1.29, 1.82) is 0 Å². The lowest BCUT2D eigenvalue weighted by Gasteiger charge is -2.02. The highest BCUT2D eigenvalue weighted by molar-refractivity contribution is 5.75. The molecule has 0 unspecified atom stereocenters. The Balaban J connectivity index is 2.09. The van der Waals surface area contributed by atoms with E-state index in [0.29, 0.717) is 19.6 Å². The lowest BCUT2D eigenvalue weighted by molar-refractivity contribution is -0.121. The van der Waals surface area contributed by atoms with E-state index in [9.17, 15) is 4.79 Å². The van der Waals surface area contributed by atoms with Gasteiger partial charge >= 0.3 is 0 Å². The van der Waals surface area contributed by atoms with E-state index in [-0.39, 0.29) is 5.91 Å². The van der Waals surface area contributed by atoms with Crippen molar-refractivity contribution in [2.45, 2.75) is 19.4 Å². The summed E-state index contributed by atoms with van der Waals surface area (Å²) >= 11 is 0. The molecule has 1 rings (SSSR count). The van der Waals surface area contributed by atoms with Crippen LogP contribution in [-0.4, -0.2) is 29.6 Å². The minimum absolute atomic E-state index is 0.0263. The van der Waals surface area contributed by atoms with Crippen LogP contribution in [0.15, 0.2) is 12.4 Å². The summed E-state index contributed by atoms with van der Waals surface area (Å²) in [5.41, 5.74) is 0. The Morgan fingerprint density at radius 1 is 1.71 bits per heavy atom. The second kappa shape index (κ2) is 6.15. The minimum Gasteiger partial charge on any atom is -0.385 e. The van der Waals surface area contributed by atoms with Crippen molar-refractivity contribution in [2.24, 2.45) is 0 Å². The van der Waals surface area contributed by atoms with E-state index in [1.807, 2.05) is 0 Å². The van der Waals surface area contributed by atoms with E-state index in [1.54, 1.807) is 19.5 Å². The van der Waals surface area contributed by atoms with Gasteiger partial charge in [0.25, 0.3) is 0 Å². The molecule has 5 nitrogen and oxygen atoms in total. The summed E-state index contributed by atoms with van der Waals surface area (Å²) in [6.07, 6.45) is 4.63. The molecule has 5 heteroatoms. The van der Waals surface area contributed by atoms with Gasteiger partial charge in [-0.3, -0.25) is 4.79 Å². The monoisotopic (exact) mass is 197 g/mol. The van der Waals surface area contributed by atoms with Crippen molar-refractivity contribution < 1.29 is 9.53 Å². The van der Waals surface area contributed by atoms with Crippen LogP contribution in [0.5, 0.6) is 0 Å². The SMILES string of the molecule is COCCCC(=O)NCc1ncc[nH]1. The molecule has 0 saturated carbocycles. The topological polar surface area (TPSA) is 67.0 Å². The second-order valence-corrected chi connectivity index (χ2v) is 2.91. The second-order valence-electron chi connectivity index (χ2n) is 2.91. The molecule has 1 aromatic heterocycles. The molecule has 0 atom stereocenters. The van der Waals surface area contributed by atoms with Crippen LogP contribution >= 0.6 is 0 Å². The molecule has 0 bridgehead atoms. The fourth-order valence-electron chi connectivity index (χ4n) is 1.04. The van der Waals surface area contributed by atoms with Gasteiger partial charge < -0.3 is 15.0 Å². The van der Waals surface area contributed by atoms with Crippen LogP contribution in [-0.2, 0) is 16.1 Å². The highest BCUT2D eigenvalue weighted by Crippen LogP contribution is 1.91. The Morgan fingerprint density at radius 2 is 2.57 bits per heavy atom. The number of carbonyl (C=O) groups excluding carboxylic acids is 1. The molecule has 0 radical (unpaired) electrons. The number of aromatic amines is 1. The Labute approximate surface area is 82.9 Å². The summed E-state index contributed by atoms with van der Waals surface area (Å²) in [5, 5.41) is 2.76. The van der Waals surface area contributed by atoms with Gasteiger partial charge in [0, 0.05) is 32.5 Å². The summed E-state index contributed by atoms with van der Waals surface area (Å²) in [6.45, 7) is 1.08. The van der Waals surface area contributed by atoms with Crippen molar-refractivity contribution in [3.8, 4) is 0 Å². The van der Waals surface area contributed by atoms with Crippen LogP contribution in [0.2, 0.25) is 0 Å². The van der Waals surface area contributed by atoms with Crippen LogP contribution in [0, 0.1) is 0 Å². The zero-order chi connectivity index (χ0) is 10.2. The predicted octanol–water partition coefficient (Wildman–Crippen LogP) is 0.452. The maximum Gasteiger partial charge on any atom is 0.220 e. The number of methoxy groups -OCH3 is 1. The minimum atomic E-state index is 0.0263. The first kappa shape index (κ1) is 10.7. The standard InChI is InChI=1S/C9H15N3O2/c1-14-6-2-3-9(13)12-7-8-10-4-5-11-8/h4-5H,2-3,6-7H2,1H3,(H,10,11)(H,12,13). The average Bonchev–Trinajstić information content (AvgIpc) is 2.68. The van der Waals surface area contributed by atoms with Gasteiger partial charge in [-0.25, -0.2) is 4.98 Å². The highest BCUT2D eigenvalue weighted by atomic mass is 16.5. The number of aromatic nitrogens is 2. The van der Waals surface area contributed by atoms with Gasteiger partial charge in [0.2, 0.25) is 5.91 Å². The summed E-state index contributed by atoms with van der Waals surface area (Å²) in [4.78, 5) is 18.1. The van der Waals surface area contributed by atoms with Crippen molar-refractivity contribution in [3.05, 3.63) is 18.2 Å². The number of imidazole rings is 1. The van der Waals surface area contributed by atoms with E-state index in [0.717, 1.165) is 12.2 Å². The van der Waals surface area contributed by atoms with Crippen molar-refractivity contribution in [1.82, 2.24) is 15.3 Å². The lowest BCUT2D eigenvalue weighted by atomic mass is 10.3. The predicted molar refractivity (Wildman–Crippen MR) is 51.5 cm³/mol. The van der Waals surface area contributed by atoms with Gasteiger partial charge in [-0.05, 0) is 6.42 Å². The van der Waals surface area contributed by atoms with Crippen molar-refractivity contribution in [3.63, 3.8) is 0 Å². The third-order valence-corrected chi connectivity index (χ3v) is 1.76. The van der Waals surface area contributed by atoms with Crippen LogP contribution in [0.25, 0.3) is 0 Å². The molecule has 1 amide bonds. The molecule has 0 aliphatic rings. The first-order valence-corrected chi connectivity index (χ1v) is 4.57. The maximum absolute atomic E-state index is 11.2. The Kier molecular flexibility index (Phi) is 4.71. The number of nitrogens with zero attached hydrogens (tertiary/aromatic N) is 1. The normalized spacial score (nSPS) is 10.1. The van der Waals surface area contributed by atoms with Gasteiger partial charge in [0.05, 0.1) is 6.54 Å². The molecule has 0 aliphatic heterocycles. The zero-order valence-corrected chi connectivity index (χ0v) is 8.25. The van der Waals surface area contributed by atoms with Gasteiger partial charge in [-0.2, -0.15) is 0 Å². The first-order valence-electron chi connectivity index (χ1n) is 4.57. The number of amides is 1. The quantitative estimate of drug-likeness (QED) is 0.651. The lowest BCUT2D eigenvalue weighted by Crippen LogP contribution is -2.23. The first-order chi connectivity index (χ1) is 6.83. The van der Waals surface area contributed by atoms with Crippen LogP contribution in [0.3, 0.4) is 0 Å². The average molecular weight is 197 g/mol. The van der Waals surface area contributed by atoms with E-state index in [1.165, 1.54) is 0 Å². The molecule has 78 valence electrons. The Morgan fingerprint density at radius 3 is 3.21 bits per heavy atom. The van der Waals surface area contributed by atoms with E-state index >= 15 is 0 Å². The third kappa shape index (κ3) is 4.04. The summed E-state index contributed by atoms with van der Waals surface area (Å²) in [6, 6.07) is 0. The molecule has 2 N–H and O–H groups in total. The third-order valence-electron chi connectivity index (χ3n) is 1.76. The summed E-state index contributed by atoms with van der Waals surface area (Å²) in [7, 11) is 1.63. The van der Waals surface area contributed by atoms with Crippen LogP contribution in [0.4, 0.5) is 0 Å². The molecule has 0 aromatic carbocycles. The number of carbonyl (C=O) groups is 1. The van der Waals surface area contributed by atoms with Gasteiger partial charge in [0.15, 0.2) is 0 Å². The fourth-order valence-corrected chi connectivity index (χ4v) is 1.04. The summed E-state index contributed by atoms with van der Waals surface area (Å²) in [5.74, 6) is 0.795. The van der Waals surface area contributed by atoms with Crippen molar-refractivity contribution >= 4 is 5.91 Å². The number of nitrogens with one attached hydrogen (secondary N) is 2. The zero-order valence-electron chi connectivity index (χ0n) is 8.25. The number of rotatable bonds is 6. The van der Waals surface area contributed by atoms with Crippen LogP contribution < -0.4 is 5.32 Å². The van der Waals surface area contributed by atoms with E-state index in [4.69, 9.17) is 4.74 Å².